The molecule has 1 heterocycles. The topological polar surface area (TPSA) is 160 Å². The second-order valence-corrected chi connectivity index (χ2v) is 11.2. The van der Waals surface area contributed by atoms with Gasteiger partial charge in [0.15, 0.2) is 5.96 Å². The molecule has 3 unspecified atom stereocenters. The van der Waals surface area contributed by atoms with Gasteiger partial charge in [0.2, 0.25) is 11.8 Å². The maximum Gasteiger partial charge on any atom is 0.240 e. The van der Waals surface area contributed by atoms with Crippen LogP contribution in [0.3, 0.4) is 0 Å². The van der Waals surface area contributed by atoms with Crippen molar-refractivity contribution in [2.24, 2.45) is 16.5 Å². The van der Waals surface area contributed by atoms with Crippen molar-refractivity contribution in [2.45, 2.75) is 50.3 Å². The summed E-state index contributed by atoms with van der Waals surface area (Å²) in [6.45, 7) is 2.29. The first-order chi connectivity index (χ1) is 15.7. The minimum Gasteiger partial charge on any atom is -0.370 e. The molecule has 1 fully saturated rings. The Hall–Kier alpha value is -2.71. The molecule has 0 aliphatic carbocycles. The number of nitrogens with zero attached hydrogens (tertiary/aromatic N) is 2. The molecule has 33 heavy (non-hydrogen) atoms. The molecule has 2 amide bonds. The third kappa shape index (κ3) is 9.75. The average molecular weight is 479 g/mol. The monoisotopic (exact) mass is 478 g/mol. The van der Waals surface area contributed by atoms with Crippen molar-refractivity contribution >= 4 is 31.4 Å². The normalized spacial score (nSPS) is 19.1. The number of hydrogen-bond acceptors (Lipinski definition) is 5. The molecule has 10 nitrogen and oxygen atoms in total. The first-order valence-corrected chi connectivity index (χ1v) is 13.5. The van der Waals surface area contributed by atoms with Crippen LogP contribution in [-0.4, -0.2) is 67.3 Å². The van der Waals surface area contributed by atoms with Gasteiger partial charge in [-0.2, -0.15) is 0 Å². The van der Waals surface area contributed by atoms with Gasteiger partial charge in [0.1, 0.15) is 13.6 Å². The van der Waals surface area contributed by atoms with Crippen LogP contribution in [0.25, 0.3) is 0 Å². The number of nitrogens with one attached hydrogen (secondary N) is 2. The van der Waals surface area contributed by atoms with Crippen LogP contribution >= 0.6 is 7.29 Å². The van der Waals surface area contributed by atoms with Crippen molar-refractivity contribution in [3.05, 3.63) is 35.9 Å². The van der Waals surface area contributed by atoms with Gasteiger partial charge in [-0.05, 0) is 37.7 Å². The van der Waals surface area contributed by atoms with Crippen LogP contribution in [-0.2, 0) is 25.1 Å². The molecule has 11 heteroatoms. The van der Waals surface area contributed by atoms with Crippen LogP contribution in [0.2, 0.25) is 0 Å². The van der Waals surface area contributed by atoms with Crippen molar-refractivity contribution in [2.75, 3.05) is 26.3 Å². The molecule has 1 aromatic rings. The minimum atomic E-state index is -2.82. The summed E-state index contributed by atoms with van der Waals surface area (Å²) < 4.78 is 13.2. The lowest BCUT2D eigenvalue weighted by atomic mass is 10.1. The van der Waals surface area contributed by atoms with E-state index in [1.165, 1.54) is 4.90 Å². The second-order valence-electron chi connectivity index (χ2n) is 8.44. The van der Waals surface area contributed by atoms with Gasteiger partial charge in [-0.3, -0.25) is 19.7 Å². The van der Waals surface area contributed by atoms with E-state index in [0.717, 1.165) is 18.4 Å². The molecule has 2 rings (SSSR count). The van der Waals surface area contributed by atoms with Gasteiger partial charge in [-0.1, -0.05) is 30.3 Å². The van der Waals surface area contributed by atoms with Crippen molar-refractivity contribution in [1.82, 2.24) is 15.3 Å². The van der Waals surface area contributed by atoms with Crippen LogP contribution in [0.15, 0.2) is 35.3 Å². The number of nitrogens with two attached hydrogens (primary N) is 2. The predicted molar refractivity (Wildman–Crippen MR) is 129 cm³/mol. The highest BCUT2D eigenvalue weighted by atomic mass is 31.2. The van der Waals surface area contributed by atoms with E-state index in [2.05, 4.69) is 15.4 Å². The summed E-state index contributed by atoms with van der Waals surface area (Å²) in [5.41, 5.74) is 11.5. The highest BCUT2D eigenvalue weighted by Crippen LogP contribution is 2.41. The summed E-state index contributed by atoms with van der Waals surface area (Å²) in [5, 5.41) is 5.73. The number of hydrogen-bond donors (Lipinski definition) is 4. The van der Waals surface area contributed by atoms with Crippen LogP contribution in [0.5, 0.6) is 0 Å². The van der Waals surface area contributed by atoms with E-state index >= 15 is 0 Å². The molecular weight excluding hydrogens is 443 g/mol. The van der Waals surface area contributed by atoms with Gasteiger partial charge in [0.05, 0.1) is 18.6 Å². The second kappa shape index (κ2) is 13.1. The standard InChI is InChI=1S/C22H35N6O4P/c1-33(32,16-17-8-3-2-4-9-17)27-19-11-5-6-13-28(21(19)31)14-20(30)26-18(15-29)10-7-12-25-22(23)24/h2-4,8-9,15,18-19H,5-7,10-14,16H2,1H3,(H,26,30)(H,27,32)(H4,23,24,25). The Morgan fingerprint density at radius 3 is 2.70 bits per heavy atom. The molecule has 0 aromatic heterocycles. The van der Waals surface area contributed by atoms with E-state index in [4.69, 9.17) is 11.5 Å². The van der Waals surface area contributed by atoms with E-state index < -0.39 is 25.3 Å². The molecule has 0 saturated carbocycles. The zero-order valence-corrected chi connectivity index (χ0v) is 20.0. The van der Waals surface area contributed by atoms with E-state index in [-0.39, 0.29) is 18.4 Å². The molecule has 1 saturated heterocycles. The first-order valence-electron chi connectivity index (χ1n) is 11.2. The van der Waals surface area contributed by atoms with Crippen molar-refractivity contribution in [3.8, 4) is 0 Å². The summed E-state index contributed by atoms with van der Waals surface area (Å²) in [6, 6.07) is 8.20. The lowest BCUT2D eigenvalue weighted by Crippen LogP contribution is -2.49. The van der Waals surface area contributed by atoms with Gasteiger partial charge in [0.25, 0.3) is 0 Å². The van der Waals surface area contributed by atoms with E-state index in [1.807, 2.05) is 30.3 Å². The Morgan fingerprint density at radius 1 is 1.30 bits per heavy atom. The predicted octanol–water partition coefficient (Wildman–Crippen LogP) is 0.803. The van der Waals surface area contributed by atoms with Crippen molar-refractivity contribution in [1.29, 1.82) is 0 Å². The number of likely N-dealkylation sites (tertiary alicyclic amines) is 1. The maximum absolute atomic E-state index is 13.2. The Morgan fingerprint density at radius 2 is 2.03 bits per heavy atom. The fraction of sp³-hybridized carbons (Fsp3) is 0.545. The van der Waals surface area contributed by atoms with Gasteiger partial charge >= 0.3 is 0 Å². The smallest absolute Gasteiger partial charge is 0.240 e. The van der Waals surface area contributed by atoms with Crippen LogP contribution < -0.4 is 21.9 Å². The fourth-order valence-corrected chi connectivity index (χ4v) is 5.71. The molecule has 0 bridgehead atoms. The largest absolute Gasteiger partial charge is 0.370 e. The van der Waals surface area contributed by atoms with E-state index in [1.54, 1.807) is 6.66 Å². The highest BCUT2D eigenvalue weighted by Gasteiger charge is 2.32. The Kier molecular flexibility index (Phi) is 10.5. The summed E-state index contributed by atoms with van der Waals surface area (Å²) in [5.74, 6) is -0.676. The van der Waals surface area contributed by atoms with E-state index in [9.17, 15) is 18.9 Å². The first kappa shape index (κ1) is 26.5. The number of aldehydes is 1. The number of aliphatic imine (C=N–C) groups is 1. The minimum absolute atomic E-state index is 0.0232. The Labute approximate surface area is 195 Å². The number of rotatable bonds is 12. The summed E-state index contributed by atoms with van der Waals surface area (Å²) >= 11 is 0. The average Bonchev–Trinajstić information content (AvgIpc) is 2.92. The number of carbonyl (C=O) groups excluding carboxylic acids is 3. The third-order valence-corrected chi connectivity index (χ3v) is 7.18. The SMILES string of the molecule is CP(=O)(Cc1ccccc1)NC1CCCCN(CC(=O)NC(C=O)CCCN=C(N)N)C1=O. The van der Waals surface area contributed by atoms with Crippen molar-refractivity contribution < 1.29 is 18.9 Å². The number of benzene rings is 1. The number of guanidine groups is 1. The Balaban J connectivity index is 1.92. The fourth-order valence-electron chi connectivity index (χ4n) is 3.81. The van der Waals surface area contributed by atoms with Gasteiger partial charge in [-0.25, -0.2) is 0 Å². The van der Waals surface area contributed by atoms with Gasteiger partial charge in [-0.15, -0.1) is 0 Å². The van der Waals surface area contributed by atoms with Crippen molar-refractivity contribution in [3.63, 3.8) is 0 Å². The summed E-state index contributed by atoms with van der Waals surface area (Å²) in [7, 11) is -2.82. The Bertz CT molecular complexity index is 875. The molecule has 1 aliphatic heterocycles. The third-order valence-electron chi connectivity index (χ3n) is 5.35. The summed E-state index contributed by atoms with van der Waals surface area (Å²) in [6.07, 6.45) is 4.03. The molecule has 182 valence electrons. The molecule has 0 spiro atoms. The van der Waals surface area contributed by atoms with Crippen LogP contribution in [0, 0.1) is 0 Å². The van der Waals surface area contributed by atoms with E-state index in [0.29, 0.717) is 44.8 Å². The zero-order valence-electron chi connectivity index (χ0n) is 19.1. The molecule has 0 radical (unpaired) electrons. The molecular formula is C22H35N6O4P. The van der Waals surface area contributed by atoms with Crippen LogP contribution in [0.1, 0.15) is 37.7 Å². The maximum atomic E-state index is 13.2. The quantitative estimate of drug-likeness (QED) is 0.114. The lowest BCUT2D eigenvalue weighted by Gasteiger charge is -2.27. The highest BCUT2D eigenvalue weighted by molar-refractivity contribution is 7.60. The number of carbonyl (C=O) groups is 3. The summed E-state index contributed by atoms with van der Waals surface area (Å²) in [4.78, 5) is 42.2. The molecule has 3 atom stereocenters. The molecule has 6 N–H and O–H groups in total. The number of amides is 2. The van der Waals surface area contributed by atoms with Crippen LogP contribution in [0.4, 0.5) is 0 Å². The zero-order chi connectivity index (χ0) is 24.3. The molecule has 1 aromatic carbocycles. The van der Waals surface area contributed by atoms with Gasteiger partial charge in [0, 0.05) is 25.9 Å². The molecule has 1 aliphatic rings. The van der Waals surface area contributed by atoms with Gasteiger partial charge < -0.3 is 31.0 Å². The lowest BCUT2D eigenvalue weighted by molar-refractivity contribution is -0.137.